The number of hydrogen-bond acceptors (Lipinski definition) is 4. The molecule has 5 nitrogen and oxygen atoms in total. The third-order valence-electron chi connectivity index (χ3n) is 2.55. The lowest BCUT2D eigenvalue weighted by molar-refractivity contribution is -0.155. The van der Waals surface area contributed by atoms with Gasteiger partial charge in [0.15, 0.2) is 5.60 Å². The summed E-state index contributed by atoms with van der Waals surface area (Å²) in [5.41, 5.74) is -0.495. The monoisotopic (exact) mass is 283 g/mol. The number of aliphatic carboxylic acids is 1. The quantitative estimate of drug-likeness (QED) is 0.728. The van der Waals surface area contributed by atoms with Gasteiger partial charge in [-0.05, 0) is 30.9 Å². The Balaban J connectivity index is 2.68. The van der Waals surface area contributed by atoms with Crippen LogP contribution in [0.15, 0.2) is 24.3 Å². The molecule has 0 bridgehead atoms. The number of nitrogens with one attached hydrogen (secondary N) is 1. The van der Waals surface area contributed by atoms with Crippen LogP contribution >= 0.6 is 11.8 Å². The van der Waals surface area contributed by atoms with Crippen LogP contribution < -0.4 is 5.32 Å². The molecule has 3 N–H and O–H groups in total. The van der Waals surface area contributed by atoms with Crippen molar-refractivity contribution in [3.63, 3.8) is 0 Å². The molecule has 1 aromatic rings. The maximum atomic E-state index is 11.8. The molecule has 0 saturated carbocycles. The van der Waals surface area contributed by atoms with Crippen LogP contribution in [-0.2, 0) is 10.5 Å². The van der Waals surface area contributed by atoms with Gasteiger partial charge in [0.2, 0.25) is 0 Å². The molecular formula is C13H17NO4S. The van der Waals surface area contributed by atoms with Gasteiger partial charge in [0.1, 0.15) is 0 Å². The maximum Gasteiger partial charge on any atom is 0.337 e. The molecule has 0 aromatic heterocycles. The zero-order valence-electron chi connectivity index (χ0n) is 10.8. The smallest absolute Gasteiger partial charge is 0.337 e. The highest BCUT2D eigenvalue weighted by molar-refractivity contribution is 7.97. The summed E-state index contributed by atoms with van der Waals surface area (Å²) >= 11 is 1.65. The molecule has 0 radical (unpaired) electrons. The van der Waals surface area contributed by atoms with Crippen LogP contribution in [0.5, 0.6) is 0 Å². The van der Waals surface area contributed by atoms with Crippen molar-refractivity contribution in [3.05, 3.63) is 35.4 Å². The zero-order valence-corrected chi connectivity index (χ0v) is 11.7. The number of thioether (sulfide) groups is 1. The Hall–Kier alpha value is -1.53. The maximum absolute atomic E-state index is 11.8. The lowest BCUT2D eigenvalue weighted by atomic mass is 10.1. The molecule has 1 amide bonds. The molecule has 1 atom stereocenters. The summed E-state index contributed by atoms with van der Waals surface area (Å²) in [6, 6.07) is 7.09. The van der Waals surface area contributed by atoms with Crippen LogP contribution in [0.1, 0.15) is 22.8 Å². The summed E-state index contributed by atoms with van der Waals surface area (Å²) in [5.74, 6) is -0.970. The number of benzene rings is 1. The van der Waals surface area contributed by atoms with Gasteiger partial charge in [-0.3, -0.25) is 4.79 Å². The number of amides is 1. The number of carboxylic acids is 1. The van der Waals surface area contributed by atoms with E-state index < -0.39 is 17.5 Å². The van der Waals surface area contributed by atoms with Crippen molar-refractivity contribution in [2.75, 3.05) is 12.8 Å². The Morgan fingerprint density at radius 1 is 1.42 bits per heavy atom. The fourth-order valence-corrected chi connectivity index (χ4v) is 1.91. The van der Waals surface area contributed by atoms with Crippen molar-refractivity contribution in [3.8, 4) is 0 Å². The first-order valence-electron chi connectivity index (χ1n) is 5.68. The number of hydrogen-bond donors (Lipinski definition) is 3. The third-order valence-corrected chi connectivity index (χ3v) is 3.18. The molecule has 0 spiro atoms. The van der Waals surface area contributed by atoms with Gasteiger partial charge >= 0.3 is 5.97 Å². The normalized spacial score (nSPS) is 13.6. The second-order valence-electron chi connectivity index (χ2n) is 4.40. The van der Waals surface area contributed by atoms with Crippen LogP contribution in [0.25, 0.3) is 0 Å². The van der Waals surface area contributed by atoms with Gasteiger partial charge in [-0.25, -0.2) is 4.79 Å². The van der Waals surface area contributed by atoms with E-state index in [-0.39, 0.29) is 6.54 Å². The van der Waals surface area contributed by atoms with Gasteiger partial charge in [0, 0.05) is 11.3 Å². The highest BCUT2D eigenvalue weighted by Gasteiger charge is 2.30. The molecule has 1 aromatic carbocycles. The lowest BCUT2D eigenvalue weighted by Gasteiger charge is -2.18. The highest BCUT2D eigenvalue weighted by atomic mass is 32.2. The van der Waals surface area contributed by atoms with Gasteiger partial charge in [-0.2, -0.15) is 11.8 Å². The number of carboxylic acid groups (broad SMARTS) is 1. The Morgan fingerprint density at radius 3 is 2.68 bits per heavy atom. The molecule has 19 heavy (non-hydrogen) atoms. The second kappa shape index (κ2) is 6.58. The van der Waals surface area contributed by atoms with E-state index in [1.165, 1.54) is 0 Å². The molecule has 0 fully saturated rings. The summed E-state index contributed by atoms with van der Waals surface area (Å²) in [4.78, 5) is 22.6. The molecule has 0 heterocycles. The summed E-state index contributed by atoms with van der Waals surface area (Å²) in [6.07, 6.45) is 1.97. The first-order valence-corrected chi connectivity index (χ1v) is 7.08. The average molecular weight is 283 g/mol. The minimum Gasteiger partial charge on any atom is -0.479 e. The fraction of sp³-hybridized carbons (Fsp3) is 0.385. The predicted molar refractivity (Wildman–Crippen MR) is 74.3 cm³/mol. The van der Waals surface area contributed by atoms with Gasteiger partial charge < -0.3 is 15.5 Å². The topological polar surface area (TPSA) is 86.6 Å². The molecule has 6 heteroatoms. The molecule has 1 rings (SSSR count). The fourth-order valence-electron chi connectivity index (χ4n) is 1.40. The minimum absolute atomic E-state index is 0.339. The third kappa shape index (κ3) is 4.57. The summed E-state index contributed by atoms with van der Waals surface area (Å²) < 4.78 is 0. The van der Waals surface area contributed by atoms with Crippen LogP contribution in [0.3, 0.4) is 0 Å². The van der Waals surface area contributed by atoms with E-state index in [0.717, 1.165) is 18.2 Å². The van der Waals surface area contributed by atoms with Crippen LogP contribution in [0.4, 0.5) is 0 Å². The van der Waals surface area contributed by atoms with Crippen molar-refractivity contribution in [2.24, 2.45) is 0 Å². The lowest BCUT2D eigenvalue weighted by Crippen LogP contribution is -2.46. The Bertz CT molecular complexity index is 473. The van der Waals surface area contributed by atoms with E-state index in [9.17, 15) is 14.7 Å². The second-order valence-corrected chi connectivity index (χ2v) is 5.26. The predicted octanol–water partition coefficient (Wildman–Crippen LogP) is 1.12. The summed E-state index contributed by atoms with van der Waals surface area (Å²) in [6.45, 7) is 0.799. The number of carbonyl (C=O) groups is 2. The first-order chi connectivity index (χ1) is 8.86. The summed E-state index contributed by atoms with van der Waals surface area (Å²) in [5, 5.41) is 20.7. The van der Waals surface area contributed by atoms with E-state index >= 15 is 0 Å². The largest absolute Gasteiger partial charge is 0.479 e. The van der Waals surface area contributed by atoms with E-state index in [2.05, 4.69) is 5.32 Å². The van der Waals surface area contributed by atoms with Crippen LogP contribution in [-0.4, -0.2) is 40.5 Å². The standard InChI is InChI=1S/C13H17NO4S/c1-13(18,12(16)17)8-14-11(15)10-5-3-4-9(6-10)7-19-2/h3-6,18H,7-8H2,1-2H3,(H,14,15)(H,16,17). The Labute approximate surface area is 116 Å². The average Bonchev–Trinajstić information content (AvgIpc) is 2.36. The minimum atomic E-state index is -1.97. The Kier molecular flexibility index (Phi) is 5.38. The number of carbonyl (C=O) groups excluding carboxylic acids is 1. The van der Waals surface area contributed by atoms with Gasteiger partial charge in [0.05, 0.1) is 6.54 Å². The SMILES string of the molecule is CSCc1cccc(C(=O)NCC(C)(O)C(=O)O)c1. The van der Waals surface area contributed by atoms with Crippen molar-refractivity contribution in [1.82, 2.24) is 5.32 Å². The van der Waals surface area contributed by atoms with E-state index in [1.54, 1.807) is 30.0 Å². The highest BCUT2D eigenvalue weighted by Crippen LogP contribution is 2.11. The molecule has 0 aliphatic carbocycles. The van der Waals surface area contributed by atoms with Crippen molar-refractivity contribution >= 4 is 23.6 Å². The zero-order chi connectivity index (χ0) is 14.5. The van der Waals surface area contributed by atoms with Gasteiger partial charge in [-0.1, -0.05) is 12.1 Å². The molecule has 104 valence electrons. The molecule has 0 aliphatic rings. The molecule has 1 unspecified atom stereocenters. The van der Waals surface area contributed by atoms with Crippen molar-refractivity contribution in [1.29, 1.82) is 0 Å². The number of aliphatic hydroxyl groups is 1. The first kappa shape index (κ1) is 15.5. The van der Waals surface area contributed by atoms with Gasteiger partial charge in [0.25, 0.3) is 5.91 Å². The molecule has 0 aliphatic heterocycles. The van der Waals surface area contributed by atoms with E-state index in [0.29, 0.717) is 5.56 Å². The summed E-state index contributed by atoms with van der Waals surface area (Å²) in [7, 11) is 0. The van der Waals surface area contributed by atoms with E-state index in [4.69, 9.17) is 5.11 Å². The number of rotatable bonds is 6. The van der Waals surface area contributed by atoms with E-state index in [1.807, 2.05) is 12.3 Å². The van der Waals surface area contributed by atoms with Crippen LogP contribution in [0, 0.1) is 0 Å². The van der Waals surface area contributed by atoms with Gasteiger partial charge in [-0.15, -0.1) is 0 Å². The van der Waals surface area contributed by atoms with Crippen LogP contribution in [0.2, 0.25) is 0 Å². The van der Waals surface area contributed by atoms with Crippen molar-refractivity contribution < 1.29 is 19.8 Å². The van der Waals surface area contributed by atoms with Crippen molar-refractivity contribution in [2.45, 2.75) is 18.3 Å². The molecule has 0 saturated heterocycles. The molecular weight excluding hydrogens is 266 g/mol. The Morgan fingerprint density at radius 2 is 2.11 bits per heavy atom.